The monoisotopic (exact) mass is 859 g/mol. The highest BCUT2D eigenvalue weighted by atomic mass is 16.7. The second-order valence-corrected chi connectivity index (χ2v) is 16.4. The first-order valence-corrected chi connectivity index (χ1v) is 21.8. The molecule has 0 spiro atoms. The number of allylic oxidation sites excluding steroid dienone is 1. The van der Waals surface area contributed by atoms with Crippen LogP contribution in [0.3, 0.4) is 0 Å². The Kier molecular flexibility index (Phi) is 14.9. The van der Waals surface area contributed by atoms with Crippen molar-refractivity contribution in [1.29, 1.82) is 0 Å². The molecular formula is C50H57N3O10. The van der Waals surface area contributed by atoms with E-state index < -0.39 is 28.8 Å². The number of carbonyl (C=O) groups is 1. The van der Waals surface area contributed by atoms with Gasteiger partial charge in [-0.05, 0) is 108 Å². The van der Waals surface area contributed by atoms with Crippen molar-refractivity contribution < 1.29 is 43.7 Å². The Labute approximate surface area is 368 Å². The Morgan fingerprint density at radius 2 is 1.68 bits per heavy atom. The third-order valence-corrected chi connectivity index (χ3v) is 12.5. The van der Waals surface area contributed by atoms with Crippen molar-refractivity contribution in [2.45, 2.75) is 75.7 Å². The van der Waals surface area contributed by atoms with E-state index in [1.54, 1.807) is 31.3 Å². The van der Waals surface area contributed by atoms with Crippen molar-refractivity contribution in [3.63, 3.8) is 0 Å². The summed E-state index contributed by atoms with van der Waals surface area (Å²) >= 11 is 0. The SMILES string of the molecule is C=CCCOC(=O)N(C)[C@H]1CC(=NOCc2ccc([N+](=O)[O-])cc2)C2=C[C@H](CCCCO)[C@@H](CCCCO)[C@@H]3c4cc(Oc5ccc6ccccc6c5)ccc4O[C@@]1(OCC=C)[C@H]23. The van der Waals surface area contributed by atoms with Crippen LogP contribution in [0, 0.1) is 27.9 Å². The number of non-ortho nitro benzene ring substituents is 1. The number of hydrogen-bond donors (Lipinski definition) is 2. The lowest BCUT2D eigenvalue weighted by Gasteiger charge is -2.59. The minimum Gasteiger partial charge on any atom is -0.459 e. The molecule has 2 N–H and O–H groups in total. The number of fused-ring (bicyclic) bond motifs is 3. The molecule has 0 aromatic heterocycles. The van der Waals surface area contributed by atoms with Gasteiger partial charge >= 0.3 is 6.09 Å². The predicted molar refractivity (Wildman–Crippen MR) is 241 cm³/mol. The Hall–Kier alpha value is -6.02. The molecule has 332 valence electrons. The number of nitrogens with zero attached hydrogens (tertiary/aromatic N) is 3. The molecule has 0 bridgehead atoms. The molecule has 13 nitrogen and oxygen atoms in total. The van der Waals surface area contributed by atoms with Gasteiger partial charge < -0.3 is 38.9 Å². The Bertz CT molecular complexity index is 2310. The van der Waals surface area contributed by atoms with Gasteiger partial charge in [-0.2, -0.15) is 0 Å². The maximum atomic E-state index is 14.0. The average molecular weight is 860 g/mol. The molecule has 0 unspecified atom stereocenters. The number of oxime groups is 1. The zero-order chi connectivity index (χ0) is 44.3. The van der Waals surface area contributed by atoms with Crippen LogP contribution in [-0.2, 0) is 20.9 Å². The molecule has 13 heteroatoms. The van der Waals surface area contributed by atoms with E-state index in [1.165, 1.54) is 17.0 Å². The van der Waals surface area contributed by atoms with Gasteiger partial charge in [0.05, 0.1) is 29.8 Å². The molecule has 4 aromatic rings. The van der Waals surface area contributed by atoms with Gasteiger partial charge in [-0.25, -0.2) is 4.79 Å². The molecule has 2 aliphatic carbocycles. The maximum Gasteiger partial charge on any atom is 0.409 e. The third-order valence-electron chi connectivity index (χ3n) is 12.5. The molecule has 1 fully saturated rings. The molecular weight excluding hydrogens is 803 g/mol. The number of benzene rings is 4. The van der Waals surface area contributed by atoms with Crippen molar-refractivity contribution in [3.8, 4) is 17.2 Å². The van der Waals surface area contributed by atoms with Crippen LogP contribution in [0.4, 0.5) is 10.5 Å². The number of rotatable bonds is 21. The summed E-state index contributed by atoms with van der Waals surface area (Å²) in [4.78, 5) is 32.5. The lowest BCUT2D eigenvalue weighted by molar-refractivity contribution is -0.384. The van der Waals surface area contributed by atoms with E-state index in [1.807, 2.05) is 42.5 Å². The van der Waals surface area contributed by atoms with E-state index in [9.17, 15) is 25.1 Å². The number of likely N-dealkylation sites (N-methyl/N-ethyl adjacent to an activating group) is 1. The van der Waals surface area contributed by atoms with Gasteiger partial charge in [-0.15, -0.1) is 13.2 Å². The Morgan fingerprint density at radius 1 is 0.952 bits per heavy atom. The molecule has 0 saturated heterocycles. The van der Waals surface area contributed by atoms with E-state index in [0.29, 0.717) is 47.8 Å². The summed E-state index contributed by atoms with van der Waals surface area (Å²) in [5.41, 5.74) is 3.07. The van der Waals surface area contributed by atoms with E-state index in [-0.39, 0.29) is 62.9 Å². The fraction of sp³-hybridized carbons (Fsp3) is 0.400. The highest BCUT2D eigenvalue weighted by Gasteiger charge is 2.65. The summed E-state index contributed by atoms with van der Waals surface area (Å²) in [7, 11) is 1.68. The topological polar surface area (TPSA) is 162 Å². The average Bonchev–Trinajstić information content (AvgIpc) is 3.29. The number of carbonyl (C=O) groups excluding carboxylic acids is 1. The van der Waals surface area contributed by atoms with Crippen LogP contribution in [0.25, 0.3) is 10.8 Å². The molecule has 63 heavy (non-hydrogen) atoms. The first kappa shape index (κ1) is 45.0. The largest absolute Gasteiger partial charge is 0.459 e. The fourth-order valence-corrected chi connectivity index (χ4v) is 9.52. The smallest absolute Gasteiger partial charge is 0.409 e. The summed E-state index contributed by atoms with van der Waals surface area (Å²) in [6, 6.07) is 25.3. The normalized spacial score (nSPS) is 22.8. The Balaban J connectivity index is 1.38. The molecule has 4 aromatic carbocycles. The summed E-state index contributed by atoms with van der Waals surface area (Å²) in [6.45, 7) is 8.20. The number of nitro benzene ring substituents is 1. The number of nitro groups is 1. The molecule has 6 atom stereocenters. The van der Waals surface area contributed by atoms with Crippen LogP contribution in [-0.4, -0.2) is 77.1 Å². The predicted octanol–water partition coefficient (Wildman–Crippen LogP) is 10.0. The van der Waals surface area contributed by atoms with Crippen LogP contribution in [0.15, 0.2) is 127 Å². The van der Waals surface area contributed by atoms with Gasteiger partial charge in [0.15, 0.2) is 0 Å². The first-order valence-electron chi connectivity index (χ1n) is 21.8. The highest BCUT2D eigenvalue weighted by Crippen LogP contribution is 2.62. The number of aliphatic hydroxyl groups is 2. The summed E-state index contributed by atoms with van der Waals surface area (Å²) in [5.74, 6) is -0.284. The molecule has 0 radical (unpaired) electrons. The summed E-state index contributed by atoms with van der Waals surface area (Å²) in [6.07, 6.45) is 10.1. The van der Waals surface area contributed by atoms with Crippen molar-refractivity contribution in [1.82, 2.24) is 4.90 Å². The summed E-state index contributed by atoms with van der Waals surface area (Å²) in [5, 5.41) is 38.1. The second kappa shape index (κ2) is 20.9. The number of aliphatic hydroxyl groups excluding tert-OH is 2. The minimum absolute atomic E-state index is 0.0140. The van der Waals surface area contributed by atoms with E-state index in [2.05, 4.69) is 37.4 Å². The van der Waals surface area contributed by atoms with Crippen LogP contribution < -0.4 is 9.47 Å². The van der Waals surface area contributed by atoms with Gasteiger partial charge in [-0.3, -0.25) is 10.1 Å². The van der Waals surface area contributed by atoms with Crippen LogP contribution >= 0.6 is 0 Å². The van der Waals surface area contributed by atoms with Crippen LogP contribution in [0.1, 0.15) is 68.4 Å². The van der Waals surface area contributed by atoms with E-state index >= 15 is 0 Å². The van der Waals surface area contributed by atoms with E-state index in [4.69, 9.17) is 28.9 Å². The fourth-order valence-electron chi connectivity index (χ4n) is 9.52. The second-order valence-electron chi connectivity index (χ2n) is 16.4. The number of amides is 1. The molecule has 1 heterocycles. The van der Waals surface area contributed by atoms with Crippen LogP contribution in [0.2, 0.25) is 0 Å². The number of unbranched alkanes of at least 4 members (excludes halogenated alkanes) is 2. The summed E-state index contributed by atoms with van der Waals surface area (Å²) < 4.78 is 26.5. The Morgan fingerprint density at radius 3 is 2.41 bits per heavy atom. The zero-order valence-corrected chi connectivity index (χ0v) is 35.8. The van der Waals surface area contributed by atoms with Crippen LogP contribution in [0.5, 0.6) is 17.2 Å². The van der Waals surface area contributed by atoms with Gasteiger partial charge in [0, 0.05) is 50.3 Å². The van der Waals surface area contributed by atoms with Crippen molar-refractivity contribution >= 4 is 28.3 Å². The van der Waals surface area contributed by atoms with Crippen molar-refractivity contribution in [3.05, 3.63) is 143 Å². The van der Waals surface area contributed by atoms with E-state index in [0.717, 1.165) is 47.6 Å². The van der Waals surface area contributed by atoms with Crippen molar-refractivity contribution in [2.24, 2.45) is 22.9 Å². The quantitative estimate of drug-likeness (QED) is 0.0357. The van der Waals surface area contributed by atoms with Gasteiger partial charge in [0.2, 0.25) is 5.79 Å². The highest BCUT2D eigenvalue weighted by molar-refractivity contribution is 6.03. The maximum absolute atomic E-state index is 14.0. The molecule has 1 aliphatic heterocycles. The third kappa shape index (κ3) is 9.96. The molecule has 1 saturated carbocycles. The van der Waals surface area contributed by atoms with Gasteiger partial charge in [-0.1, -0.05) is 66.6 Å². The molecule has 3 aliphatic rings. The van der Waals surface area contributed by atoms with Gasteiger partial charge in [0.1, 0.15) is 29.9 Å². The standard InChI is InChI=1S/C50H57N3O10/c1-4-6-28-59-49(56)52(3)46-32-44(51-61-33-34-17-20-38(21-18-34)53(57)58)42-30-37(15-9-11-25-54)41(16-10-12-26-55)47-43-31-40(62-39-22-19-35-13-7-8-14-36(35)29-39)23-24-45(43)63-50(46,48(42)47)60-27-5-2/h4-5,7-8,13-14,17-24,29-31,37,41,46-48,54-55H,1-2,6,9-12,15-16,25-28,32-33H2,3H3/t37-,41+,46-,47+,48+,50+/m0/s1. The number of ether oxygens (including phenoxy) is 4. The molecule has 1 amide bonds. The lowest BCUT2D eigenvalue weighted by atomic mass is 9.55. The van der Waals surface area contributed by atoms with Gasteiger partial charge in [0.25, 0.3) is 5.69 Å². The molecule has 7 rings (SSSR count). The first-order chi connectivity index (χ1) is 30.7. The minimum atomic E-state index is -1.45. The number of hydrogen-bond acceptors (Lipinski definition) is 11. The zero-order valence-electron chi connectivity index (χ0n) is 35.8. The lowest BCUT2D eigenvalue weighted by Crippen LogP contribution is -2.69. The van der Waals surface area contributed by atoms with Crippen molar-refractivity contribution in [2.75, 3.05) is 33.5 Å².